The largest absolute Gasteiger partial charge is 0.376 e. The number of aromatic amines is 1. The number of hydrogen-bond acceptors (Lipinski definition) is 3. The van der Waals surface area contributed by atoms with Gasteiger partial charge in [-0.2, -0.15) is 0 Å². The van der Waals surface area contributed by atoms with Crippen LogP contribution in [0.4, 0.5) is 0 Å². The van der Waals surface area contributed by atoms with E-state index >= 15 is 0 Å². The van der Waals surface area contributed by atoms with Crippen molar-refractivity contribution in [2.75, 3.05) is 6.61 Å². The number of ether oxygens (including phenoxy) is 1. The van der Waals surface area contributed by atoms with Gasteiger partial charge in [-0.1, -0.05) is 37.9 Å². The first-order valence-corrected chi connectivity index (χ1v) is 7.45. The summed E-state index contributed by atoms with van der Waals surface area (Å²) in [6, 6.07) is 0. The summed E-state index contributed by atoms with van der Waals surface area (Å²) in [7, 11) is 0. The van der Waals surface area contributed by atoms with Crippen molar-refractivity contribution in [1.29, 1.82) is 0 Å². The Labute approximate surface area is 113 Å². The van der Waals surface area contributed by atoms with Crippen LogP contribution in [0.1, 0.15) is 61.5 Å². The van der Waals surface area contributed by atoms with E-state index < -0.39 is 0 Å². The number of rotatable bonds is 1. The molecular formula is C14H20N2OS. The van der Waals surface area contributed by atoms with E-state index in [1.165, 1.54) is 44.2 Å². The second-order valence-corrected chi connectivity index (χ2v) is 5.76. The lowest BCUT2D eigenvalue weighted by Gasteiger charge is -2.20. The minimum absolute atomic E-state index is 0.586. The van der Waals surface area contributed by atoms with E-state index in [1.807, 2.05) is 0 Å². The first kappa shape index (κ1) is 12.3. The standard InChI is InChI=1S/C14H20N2OS/c18-14-11-9-17-8-7-12(11)15-13(16-14)10-5-3-1-2-4-6-10/h10H,1-9H2,(H,15,16,18). The molecule has 18 heavy (non-hydrogen) atoms. The molecule has 0 atom stereocenters. The van der Waals surface area contributed by atoms with Crippen LogP contribution in [-0.2, 0) is 17.8 Å². The highest BCUT2D eigenvalue weighted by Gasteiger charge is 2.20. The van der Waals surface area contributed by atoms with Gasteiger partial charge in [0.2, 0.25) is 0 Å². The van der Waals surface area contributed by atoms with E-state index in [1.54, 1.807) is 0 Å². The number of fused-ring (bicyclic) bond motifs is 1. The summed E-state index contributed by atoms with van der Waals surface area (Å²) in [5.74, 6) is 1.71. The topological polar surface area (TPSA) is 37.9 Å². The van der Waals surface area contributed by atoms with E-state index in [-0.39, 0.29) is 0 Å². The maximum atomic E-state index is 5.46. The molecule has 2 heterocycles. The highest BCUT2D eigenvalue weighted by atomic mass is 32.1. The molecule has 1 aromatic heterocycles. The summed E-state index contributed by atoms with van der Waals surface area (Å²) in [6.45, 7) is 1.43. The molecule has 3 nitrogen and oxygen atoms in total. The van der Waals surface area contributed by atoms with Crippen molar-refractivity contribution >= 4 is 12.2 Å². The first-order valence-electron chi connectivity index (χ1n) is 7.04. The Balaban J connectivity index is 1.92. The highest BCUT2D eigenvalue weighted by molar-refractivity contribution is 7.71. The van der Waals surface area contributed by atoms with Gasteiger partial charge in [0.1, 0.15) is 10.5 Å². The van der Waals surface area contributed by atoms with Gasteiger partial charge < -0.3 is 9.72 Å². The molecule has 0 aromatic carbocycles. The van der Waals surface area contributed by atoms with Crippen LogP contribution in [-0.4, -0.2) is 16.6 Å². The number of aromatic nitrogens is 2. The average molecular weight is 264 g/mol. The van der Waals surface area contributed by atoms with Gasteiger partial charge in [-0.3, -0.25) is 0 Å². The van der Waals surface area contributed by atoms with Crippen LogP contribution in [0.3, 0.4) is 0 Å². The van der Waals surface area contributed by atoms with Crippen LogP contribution in [0.5, 0.6) is 0 Å². The van der Waals surface area contributed by atoms with Gasteiger partial charge in [0.15, 0.2) is 0 Å². The molecule has 98 valence electrons. The lowest BCUT2D eigenvalue weighted by Crippen LogP contribution is -2.16. The quantitative estimate of drug-likeness (QED) is 0.621. The molecule has 0 amide bonds. The fourth-order valence-electron chi connectivity index (χ4n) is 3.02. The molecule has 0 radical (unpaired) electrons. The predicted octanol–water partition coefficient (Wildman–Crippen LogP) is 3.65. The number of nitrogens with one attached hydrogen (secondary N) is 1. The van der Waals surface area contributed by atoms with Gasteiger partial charge in [0.25, 0.3) is 0 Å². The van der Waals surface area contributed by atoms with Gasteiger partial charge in [0, 0.05) is 23.6 Å². The van der Waals surface area contributed by atoms with Crippen molar-refractivity contribution in [1.82, 2.24) is 9.97 Å². The lowest BCUT2D eigenvalue weighted by atomic mass is 9.99. The summed E-state index contributed by atoms with van der Waals surface area (Å²) < 4.78 is 6.21. The lowest BCUT2D eigenvalue weighted by molar-refractivity contribution is 0.108. The molecule has 1 aliphatic heterocycles. The molecule has 0 spiro atoms. The Morgan fingerprint density at radius 2 is 1.94 bits per heavy atom. The minimum Gasteiger partial charge on any atom is -0.376 e. The molecule has 0 unspecified atom stereocenters. The van der Waals surface area contributed by atoms with E-state index in [0.717, 1.165) is 29.1 Å². The number of H-pyrrole nitrogens is 1. The summed E-state index contributed by atoms with van der Waals surface area (Å²) in [5.41, 5.74) is 2.37. The monoisotopic (exact) mass is 264 g/mol. The second kappa shape index (κ2) is 5.49. The summed E-state index contributed by atoms with van der Waals surface area (Å²) >= 11 is 5.42. The molecule has 1 fully saturated rings. The number of nitrogens with zero attached hydrogens (tertiary/aromatic N) is 1. The van der Waals surface area contributed by atoms with Crippen molar-refractivity contribution in [3.05, 3.63) is 21.7 Å². The average Bonchev–Trinajstić information content (AvgIpc) is 2.67. The first-order chi connectivity index (χ1) is 8.84. The zero-order chi connectivity index (χ0) is 12.4. The third-order valence-corrected chi connectivity index (χ3v) is 4.45. The Kier molecular flexibility index (Phi) is 3.75. The van der Waals surface area contributed by atoms with Crippen LogP contribution in [0.25, 0.3) is 0 Å². The Morgan fingerprint density at radius 1 is 1.17 bits per heavy atom. The van der Waals surface area contributed by atoms with Crippen molar-refractivity contribution in [3.8, 4) is 0 Å². The molecule has 1 aliphatic carbocycles. The fourth-order valence-corrected chi connectivity index (χ4v) is 3.30. The third-order valence-electron chi connectivity index (χ3n) is 4.11. The summed E-state index contributed by atoms with van der Waals surface area (Å²) in [5, 5.41) is 0. The van der Waals surface area contributed by atoms with E-state index in [9.17, 15) is 0 Å². The predicted molar refractivity (Wildman–Crippen MR) is 73.2 cm³/mol. The van der Waals surface area contributed by atoms with Crippen LogP contribution >= 0.6 is 12.2 Å². The van der Waals surface area contributed by atoms with E-state index in [2.05, 4.69) is 9.97 Å². The Morgan fingerprint density at radius 3 is 2.72 bits per heavy atom. The zero-order valence-corrected chi connectivity index (χ0v) is 11.5. The molecule has 3 rings (SSSR count). The molecule has 1 saturated carbocycles. The molecule has 1 aromatic rings. The van der Waals surface area contributed by atoms with Crippen molar-refractivity contribution in [2.24, 2.45) is 0 Å². The molecule has 0 bridgehead atoms. The molecule has 4 heteroatoms. The second-order valence-electron chi connectivity index (χ2n) is 5.38. The smallest absolute Gasteiger partial charge is 0.135 e. The van der Waals surface area contributed by atoms with Crippen LogP contribution < -0.4 is 0 Å². The van der Waals surface area contributed by atoms with Crippen molar-refractivity contribution in [2.45, 2.75) is 57.5 Å². The zero-order valence-electron chi connectivity index (χ0n) is 10.7. The van der Waals surface area contributed by atoms with Crippen LogP contribution in [0.2, 0.25) is 0 Å². The molecular weight excluding hydrogens is 244 g/mol. The Hall–Kier alpha value is -0.740. The van der Waals surface area contributed by atoms with Gasteiger partial charge in [0.05, 0.1) is 13.2 Å². The minimum atomic E-state index is 0.586. The van der Waals surface area contributed by atoms with Crippen molar-refractivity contribution in [3.63, 3.8) is 0 Å². The van der Waals surface area contributed by atoms with Gasteiger partial charge in [-0.25, -0.2) is 4.98 Å². The molecule has 0 saturated heterocycles. The normalized spacial score (nSPS) is 21.3. The maximum absolute atomic E-state index is 5.46. The molecule has 2 aliphatic rings. The van der Waals surface area contributed by atoms with Gasteiger partial charge >= 0.3 is 0 Å². The van der Waals surface area contributed by atoms with E-state index in [4.69, 9.17) is 17.0 Å². The summed E-state index contributed by atoms with van der Waals surface area (Å²) in [4.78, 5) is 8.18. The van der Waals surface area contributed by atoms with Gasteiger partial charge in [-0.15, -0.1) is 0 Å². The SMILES string of the molecule is S=c1nc(C2CCCCCC2)[nH]c2c1COCC2. The van der Waals surface area contributed by atoms with Crippen molar-refractivity contribution < 1.29 is 4.74 Å². The summed E-state index contributed by atoms with van der Waals surface area (Å²) in [6.07, 6.45) is 8.86. The maximum Gasteiger partial charge on any atom is 0.135 e. The van der Waals surface area contributed by atoms with E-state index in [0.29, 0.717) is 12.5 Å². The number of hydrogen-bond donors (Lipinski definition) is 1. The van der Waals surface area contributed by atoms with Gasteiger partial charge in [-0.05, 0) is 12.8 Å². The fraction of sp³-hybridized carbons (Fsp3) is 0.714. The van der Waals surface area contributed by atoms with Crippen LogP contribution in [0, 0.1) is 4.64 Å². The van der Waals surface area contributed by atoms with Crippen LogP contribution in [0.15, 0.2) is 0 Å². The molecule has 1 N–H and O–H groups in total. The highest BCUT2D eigenvalue weighted by Crippen LogP contribution is 2.30. The Bertz CT molecular complexity index is 475. The third kappa shape index (κ3) is 2.50.